The van der Waals surface area contributed by atoms with Crippen LogP contribution in [0.2, 0.25) is 5.02 Å². The van der Waals surface area contributed by atoms with Crippen molar-refractivity contribution in [2.24, 2.45) is 29.6 Å². The Bertz CT molecular complexity index is 794. The normalized spacial score (nSPS) is 38.3. The molecule has 4 nitrogen and oxygen atoms in total. The van der Waals surface area contributed by atoms with Gasteiger partial charge in [0.15, 0.2) is 0 Å². The zero-order chi connectivity index (χ0) is 19.3. The van der Waals surface area contributed by atoms with Crippen molar-refractivity contribution in [3.05, 3.63) is 41.4 Å². The first-order valence-corrected chi connectivity index (χ1v) is 10.7. The van der Waals surface area contributed by atoms with Gasteiger partial charge in [-0.15, -0.1) is 11.8 Å². The Hall–Kier alpha value is -1.30. The number of halogens is 1. The molecule has 27 heavy (non-hydrogen) atoms. The lowest BCUT2D eigenvalue weighted by molar-refractivity contribution is -0.146. The van der Waals surface area contributed by atoms with E-state index in [1.165, 1.54) is 11.8 Å². The predicted octanol–water partition coefficient (Wildman–Crippen LogP) is 3.75. The molecule has 1 saturated heterocycles. The number of thioether (sulfide) groups is 1. The van der Waals surface area contributed by atoms with Gasteiger partial charge in [0.25, 0.3) is 0 Å². The van der Waals surface area contributed by atoms with E-state index in [1.807, 2.05) is 31.2 Å². The van der Waals surface area contributed by atoms with Crippen molar-refractivity contribution in [2.75, 3.05) is 5.75 Å². The molecule has 0 bridgehead atoms. The summed E-state index contributed by atoms with van der Waals surface area (Å²) < 4.78 is 5.79. The van der Waals surface area contributed by atoms with E-state index in [9.17, 15) is 14.7 Å². The summed E-state index contributed by atoms with van der Waals surface area (Å²) in [7, 11) is 0. The molecule has 3 aliphatic rings. The number of aliphatic hydroxyl groups is 1. The standard InChI is InChI=1S/C21H23ClO4S/c1-10-7-16(24)19-13(9-27-17-6-4-3-5-14(17)22)21(25)26-20(19)18-11(2)15(23)8-12(10)18/h3-6,11-13,16,18-20,24H,1,7-9H2,2H3/t11-,12+,13+,16+,18+,19-,20-/m1/s1. The molecule has 2 saturated carbocycles. The van der Waals surface area contributed by atoms with Gasteiger partial charge in [-0.3, -0.25) is 9.59 Å². The minimum atomic E-state index is -0.682. The molecule has 1 N–H and O–H groups in total. The number of fused-ring (bicyclic) bond motifs is 3. The summed E-state index contributed by atoms with van der Waals surface area (Å²) in [5.41, 5.74) is 0.910. The van der Waals surface area contributed by atoms with Crippen LogP contribution in [0.4, 0.5) is 0 Å². The van der Waals surface area contributed by atoms with E-state index in [-0.39, 0.29) is 35.4 Å². The zero-order valence-corrected chi connectivity index (χ0v) is 16.7. The van der Waals surface area contributed by atoms with Crippen molar-refractivity contribution in [1.82, 2.24) is 0 Å². The molecule has 1 aliphatic heterocycles. The van der Waals surface area contributed by atoms with Crippen molar-refractivity contribution < 1.29 is 19.4 Å². The molecule has 0 amide bonds. The van der Waals surface area contributed by atoms with Gasteiger partial charge in [-0.05, 0) is 24.5 Å². The van der Waals surface area contributed by atoms with E-state index in [0.29, 0.717) is 23.6 Å². The summed E-state index contributed by atoms with van der Waals surface area (Å²) in [6.45, 7) is 6.05. The third-order valence-corrected chi connectivity index (χ3v) is 8.08. The average molecular weight is 407 g/mol. The van der Waals surface area contributed by atoms with Gasteiger partial charge in [0.05, 0.1) is 17.0 Å². The van der Waals surface area contributed by atoms with E-state index in [4.69, 9.17) is 16.3 Å². The number of Topliss-reactive ketones (excluding diaryl/α,β-unsaturated/α-hetero) is 1. The first kappa shape index (κ1) is 19.0. The number of aliphatic hydroxyl groups excluding tert-OH is 1. The highest BCUT2D eigenvalue weighted by Gasteiger charge is 2.58. The van der Waals surface area contributed by atoms with E-state index < -0.39 is 18.1 Å². The number of benzene rings is 1. The molecular weight excluding hydrogens is 384 g/mol. The fourth-order valence-electron chi connectivity index (χ4n) is 5.02. The van der Waals surface area contributed by atoms with E-state index in [2.05, 4.69) is 6.58 Å². The van der Waals surface area contributed by atoms with Gasteiger partial charge in [-0.2, -0.15) is 0 Å². The summed E-state index contributed by atoms with van der Waals surface area (Å²) in [6, 6.07) is 7.51. The van der Waals surface area contributed by atoms with Crippen LogP contribution in [-0.4, -0.2) is 34.8 Å². The number of rotatable bonds is 3. The van der Waals surface area contributed by atoms with Crippen molar-refractivity contribution in [3.63, 3.8) is 0 Å². The largest absolute Gasteiger partial charge is 0.461 e. The number of hydrogen-bond acceptors (Lipinski definition) is 5. The molecule has 1 heterocycles. The second-order valence-electron chi connectivity index (χ2n) is 7.90. The molecule has 7 atom stereocenters. The lowest BCUT2D eigenvalue weighted by atomic mass is 9.77. The number of carbonyl (C=O) groups excluding carboxylic acids is 2. The maximum absolute atomic E-state index is 12.7. The van der Waals surface area contributed by atoms with Gasteiger partial charge in [-0.1, -0.05) is 42.8 Å². The van der Waals surface area contributed by atoms with Crippen LogP contribution in [0.25, 0.3) is 0 Å². The van der Waals surface area contributed by atoms with Gasteiger partial charge in [-0.25, -0.2) is 0 Å². The lowest BCUT2D eigenvalue weighted by Crippen LogP contribution is -2.38. The summed E-state index contributed by atoms with van der Waals surface area (Å²) in [5, 5.41) is 11.5. The Morgan fingerprint density at radius 2 is 2.00 bits per heavy atom. The summed E-state index contributed by atoms with van der Waals surface area (Å²) in [4.78, 5) is 25.9. The molecule has 2 aliphatic carbocycles. The Balaban J connectivity index is 1.60. The highest BCUT2D eigenvalue weighted by Crippen LogP contribution is 2.52. The smallest absolute Gasteiger partial charge is 0.310 e. The van der Waals surface area contributed by atoms with Crippen LogP contribution in [0.1, 0.15) is 19.8 Å². The first-order valence-electron chi connectivity index (χ1n) is 9.34. The molecule has 6 heteroatoms. The van der Waals surface area contributed by atoms with Crippen molar-refractivity contribution >= 4 is 35.1 Å². The zero-order valence-electron chi connectivity index (χ0n) is 15.1. The molecule has 3 fully saturated rings. The Morgan fingerprint density at radius 1 is 1.26 bits per heavy atom. The van der Waals surface area contributed by atoms with E-state index in [1.54, 1.807) is 0 Å². The van der Waals surface area contributed by atoms with Crippen LogP contribution >= 0.6 is 23.4 Å². The van der Waals surface area contributed by atoms with Crippen molar-refractivity contribution in [3.8, 4) is 0 Å². The molecule has 0 spiro atoms. The monoisotopic (exact) mass is 406 g/mol. The average Bonchev–Trinajstić information content (AvgIpc) is 3.07. The molecule has 4 rings (SSSR count). The Labute approximate surface area is 168 Å². The topological polar surface area (TPSA) is 63.6 Å². The van der Waals surface area contributed by atoms with Crippen LogP contribution in [0.3, 0.4) is 0 Å². The highest BCUT2D eigenvalue weighted by molar-refractivity contribution is 7.99. The lowest BCUT2D eigenvalue weighted by Gasteiger charge is -2.29. The van der Waals surface area contributed by atoms with Crippen LogP contribution in [-0.2, 0) is 14.3 Å². The number of carbonyl (C=O) groups is 2. The second kappa shape index (κ2) is 7.26. The van der Waals surface area contributed by atoms with Crippen LogP contribution < -0.4 is 0 Å². The number of ketones is 1. The number of ether oxygens (including phenoxy) is 1. The van der Waals surface area contributed by atoms with Gasteiger partial charge in [0.1, 0.15) is 11.9 Å². The number of hydrogen-bond donors (Lipinski definition) is 1. The third-order valence-electron chi connectivity index (χ3n) is 6.44. The predicted molar refractivity (Wildman–Crippen MR) is 105 cm³/mol. The fourth-order valence-corrected chi connectivity index (χ4v) is 6.41. The molecule has 0 aromatic heterocycles. The number of esters is 1. The van der Waals surface area contributed by atoms with Crippen LogP contribution in [0.5, 0.6) is 0 Å². The summed E-state index contributed by atoms with van der Waals surface area (Å²) >= 11 is 7.74. The van der Waals surface area contributed by atoms with E-state index >= 15 is 0 Å². The highest BCUT2D eigenvalue weighted by atomic mass is 35.5. The third kappa shape index (κ3) is 3.24. The first-order chi connectivity index (χ1) is 12.9. The second-order valence-corrected chi connectivity index (χ2v) is 9.37. The van der Waals surface area contributed by atoms with Gasteiger partial charge in [0, 0.05) is 34.8 Å². The molecule has 0 radical (unpaired) electrons. The summed E-state index contributed by atoms with van der Waals surface area (Å²) in [6.07, 6.45) is -0.239. The Morgan fingerprint density at radius 3 is 2.74 bits per heavy atom. The van der Waals surface area contributed by atoms with Crippen LogP contribution in [0.15, 0.2) is 41.3 Å². The fraction of sp³-hybridized carbons (Fsp3) is 0.524. The quantitative estimate of drug-likeness (QED) is 0.470. The summed E-state index contributed by atoms with van der Waals surface area (Å²) in [5.74, 6) is -0.563. The maximum Gasteiger partial charge on any atom is 0.310 e. The van der Waals surface area contributed by atoms with Gasteiger partial charge < -0.3 is 9.84 Å². The van der Waals surface area contributed by atoms with Crippen molar-refractivity contribution in [1.29, 1.82) is 0 Å². The van der Waals surface area contributed by atoms with Gasteiger partial charge in [0.2, 0.25) is 0 Å². The van der Waals surface area contributed by atoms with Crippen molar-refractivity contribution in [2.45, 2.75) is 36.9 Å². The Kier molecular flexibility index (Phi) is 5.12. The van der Waals surface area contributed by atoms with E-state index in [0.717, 1.165) is 10.5 Å². The molecular formula is C21H23ClO4S. The minimum absolute atomic E-state index is 0.0000733. The molecule has 144 valence electrons. The molecule has 0 unspecified atom stereocenters. The SMILES string of the molecule is C=C1C[C@H](O)[C@@H]2[C@H](OC(=O)[C@H]2CSc2ccccc2Cl)[C@H]2[C@H](C)C(=O)C[C@@H]12. The van der Waals surface area contributed by atoms with Crippen LogP contribution in [0, 0.1) is 29.6 Å². The minimum Gasteiger partial charge on any atom is -0.461 e. The van der Waals surface area contributed by atoms with Gasteiger partial charge >= 0.3 is 5.97 Å². The maximum atomic E-state index is 12.7. The molecule has 1 aromatic rings. The molecule has 1 aromatic carbocycles.